The summed E-state index contributed by atoms with van der Waals surface area (Å²) in [5.74, 6) is -1.08. The Labute approximate surface area is 856 Å². The van der Waals surface area contributed by atoms with E-state index >= 15 is 0 Å². The molecular weight excluding hydrogens is 1890 g/mol. The number of carboxylic acids is 1. The second-order valence-corrected chi connectivity index (χ2v) is 41.3. The molecule has 133 heavy (non-hydrogen) atoms. The first-order chi connectivity index (χ1) is 61.2. The summed E-state index contributed by atoms with van der Waals surface area (Å²) in [6.07, 6.45) is 9.42. The molecule has 5 aliphatic rings. The summed E-state index contributed by atoms with van der Waals surface area (Å²) in [7, 11) is 2.14. The van der Waals surface area contributed by atoms with Gasteiger partial charge in [0.2, 0.25) is 0 Å². The van der Waals surface area contributed by atoms with Gasteiger partial charge in [-0.05, 0) is 229 Å². The number of rotatable bonds is 8. The van der Waals surface area contributed by atoms with Gasteiger partial charge >= 0.3 is 96.1 Å². The zero-order valence-electron chi connectivity index (χ0n) is 79.4. The largest absolute Gasteiger partial charge is 1.00 e. The molecule has 37 heteroatoms. The van der Waals surface area contributed by atoms with Crippen LogP contribution in [0.1, 0.15) is 178 Å². The van der Waals surface area contributed by atoms with Gasteiger partial charge in [0.1, 0.15) is 37.1 Å². The van der Waals surface area contributed by atoms with Gasteiger partial charge in [0, 0.05) is 97.0 Å². The first kappa shape index (κ1) is 111. The number of nitrogens with zero attached hydrogens (tertiary/aromatic N) is 13. The molecule has 0 aliphatic carbocycles. The number of carbonyl (C=O) groups is 3. The van der Waals surface area contributed by atoms with E-state index in [2.05, 4.69) is 97.8 Å². The van der Waals surface area contributed by atoms with Crippen molar-refractivity contribution in [2.45, 2.75) is 232 Å². The fourth-order valence-corrected chi connectivity index (χ4v) is 14.6. The van der Waals surface area contributed by atoms with Gasteiger partial charge in [-0.2, -0.15) is 0 Å². The molecule has 0 spiro atoms. The predicted molar refractivity (Wildman–Crippen MR) is 532 cm³/mol. The van der Waals surface area contributed by atoms with E-state index in [4.69, 9.17) is 110 Å². The molecule has 5 aliphatic heterocycles. The van der Waals surface area contributed by atoms with Gasteiger partial charge in [0.25, 0.3) is 0 Å². The first-order valence-electron chi connectivity index (χ1n) is 43.0. The summed E-state index contributed by atoms with van der Waals surface area (Å²) in [4.78, 5) is 95.2. The molecule has 5 fully saturated rings. The number of likely N-dealkylation sites (tertiary alicyclic amines) is 2. The number of alkyl halides is 4. The summed E-state index contributed by atoms with van der Waals surface area (Å²) in [5.41, 5.74) is 10.5. The van der Waals surface area contributed by atoms with E-state index in [1.165, 1.54) is 0 Å². The number of aliphatic carboxylic acids is 1. The molecule has 0 saturated carbocycles. The van der Waals surface area contributed by atoms with E-state index in [1.54, 1.807) is 80.5 Å². The Balaban J connectivity index is 0.000000205. The predicted octanol–water partition coefficient (Wildman–Crippen LogP) is 17.1. The van der Waals surface area contributed by atoms with Crippen molar-refractivity contribution in [1.82, 2.24) is 63.0 Å². The fourth-order valence-electron chi connectivity index (χ4n) is 14.3. The maximum absolute atomic E-state index is 13.5. The van der Waals surface area contributed by atoms with Gasteiger partial charge in [0.15, 0.2) is 0 Å². The van der Waals surface area contributed by atoms with E-state index in [9.17, 15) is 19.2 Å². The van der Waals surface area contributed by atoms with Crippen LogP contribution in [0.25, 0.3) is 89.2 Å². The first-order valence-corrected chi connectivity index (χ1v) is 46.0. The molecular formula is C96H119B3BrCl5KN13O14. The Morgan fingerprint density at radius 3 is 1.14 bits per heavy atom. The van der Waals surface area contributed by atoms with E-state index in [1.807, 2.05) is 231 Å². The van der Waals surface area contributed by atoms with Crippen LogP contribution in [0.5, 0.6) is 0 Å². The second-order valence-electron chi connectivity index (χ2n) is 36.9. The van der Waals surface area contributed by atoms with Gasteiger partial charge in [-0.1, -0.05) is 116 Å². The Kier molecular flexibility index (Phi) is 38.4. The summed E-state index contributed by atoms with van der Waals surface area (Å²) in [6, 6.07) is 49.2. The summed E-state index contributed by atoms with van der Waals surface area (Å²) >= 11 is 29.6. The summed E-state index contributed by atoms with van der Waals surface area (Å²) in [5, 5.41) is 9.23. The molecule has 0 unspecified atom stereocenters. The average Bonchev–Trinajstić information content (AvgIpc) is 1.58. The van der Waals surface area contributed by atoms with Crippen LogP contribution in [0, 0.1) is 0 Å². The molecule has 14 heterocycles. The van der Waals surface area contributed by atoms with Crippen molar-refractivity contribution in [3.05, 3.63) is 213 Å². The van der Waals surface area contributed by atoms with Crippen molar-refractivity contribution in [3.8, 4) is 45.0 Å². The third kappa shape index (κ3) is 28.5. The average molecular weight is 2010 g/mol. The van der Waals surface area contributed by atoms with Crippen LogP contribution >= 0.6 is 73.9 Å². The number of amides is 2. The van der Waals surface area contributed by atoms with Gasteiger partial charge in [-0.3, -0.25) is 43.2 Å². The topological polar surface area (TPSA) is 299 Å². The number of pyridine rings is 7. The normalized spacial score (nSPS) is 17.5. The smallest absolute Gasteiger partial charge is 0.550 e. The monoisotopic (exact) mass is 2000 g/mol. The maximum Gasteiger partial charge on any atom is 1.00 e. The molecule has 5 saturated heterocycles. The van der Waals surface area contributed by atoms with Gasteiger partial charge in [-0.25, -0.2) is 29.1 Å². The van der Waals surface area contributed by atoms with Crippen LogP contribution in [0.15, 0.2) is 197 Å². The quantitative estimate of drug-likeness (QED) is 0.0775. The molecule has 0 N–H and O–H groups in total. The number of hydrogen-bond acceptors (Lipinski definition) is 21. The van der Waals surface area contributed by atoms with E-state index < -0.39 is 31.2 Å². The molecule has 704 valence electrons. The number of imidazole rings is 2. The molecule has 17 rings (SSSR count). The number of carboxylic acid groups (broad SMARTS) is 1. The molecule has 2 amide bonds. The zero-order valence-corrected chi connectivity index (χ0v) is 87.9. The summed E-state index contributed by atoms with van der Waals surface area (Å²) in [6.45, 7) is 41.7. The Morgan fingerprint density at radius 2 is 0.797 bits per heavy atom. The van der Waals surface area contributed by atoms with E-state index in [0.717, 1.165) is 67.4 Å². The standard InChI is InChI=1S/C30H30N6O3.C19H22ClN5O3.C17H20BNO2.C12H24B2O4.C11H8BrN.2C2H4Cl2.C2H4O2.CH4.K/c1-30(2,3)39-29(38)35-15-14-21(18-35)36-27-25(34(4)28(36)37)17-32-24-13-12-23(33-26(24)27)20-10-11-22(31-16-20)19-8-6-5-7-9-19;1-19(2,3)28-18(27)24-8-7-11(10-24)25-16-13(23(4)17(25)26)9-21-12-5-6-14(20)22-15(12)16;1-16(2)17(3,4)21-18(20-16)14-10-11-15(19-12-14)13-8-6-5-7-9-13;1-9(2)10(3,4)16-13(15-9)14-17-11(5,6)12(7,8)18-14;12-10-6-7-11(13-8-10)9-4-2-1-3-5-9;3*1-2(3)4;;/h5-13,16-17,21H,14-15,18H2,1-4H3;5-6,9,11H,7-8,10H2,1-4H3;5-12H,1-4H3;1-8H3;1-8H;2*2H,1H3;1H3,(H,3,4);1H4;/q;;;;;;;;;+1/p-1/t21-;11-;;;;;;;;/m00......../s1. The number of hydrogen-bond donors (Lipinski definition) is 0. The number of benzene rings is 3. The molecule has 2 atom stereocenters. The minimum atomic E-state index is -1.08. The molecule has 3 aromatic carbocycles. The van der Waals surface area contributed by atoms with Crippen molar-refractivity contribution < 1.29 is 108 Å². The van der Waals surface area contributed by atoms with E-state index in [0.29, 0.717) is 82.8 Å². The maximum atomic E-state index is 13.5. The van der Waals surface area contributed by atoms with Crippen molar-refractivity contribution in [1.29, 1.82) is 0 Å². The molecule has 0 bridgehead atoms. The van der Waals surface area contributed by atoms with Crippen molar-refractivity contribution in [3.63, 3.8) is 0 Å². The van der Waals surface area contributed by atoms with Crippen molar-refractivity contribution in [2.75, 3.05) is 26.2 Å². The van der Waals surface area contributed by atoms with Gasteiger partial charge in [0.05, 0.1) is 114 Å². The number of aromatic nitrogens is 11. The fraction of sp³-hybridized carbons (Fsp3) is 0.438. The Bertz CT molecular complexity index is 5960. The minimum Gasteiger partial charge on any atom is -0.550 e. The molecule has 9 aromatic heterocycles. The Morgan fingerprint density at radius 1 is 0.466 bits per heavy atom. The van der Waals surface area contributed by atoms with Gasteiger partial charge < -0.3 is 57.1 Å². The minimum absolute atomic E-state index is 0. The van der Waals surface area contributed by atoms with Crippen LogP contribution in [0.3, 0.4) is 0 Å². The van der Waals surface area contributed by atoms with Crippen LogP contribution < -0.4 is 73.3 Å². The van der Waals surface area contributed by atoms with Crippen LogP contribution in [-0.2, 0) is 56.3 Å². The number of fused-ring (bicyclic) bond motifs is 6. The summed E-state index contributed by atoms with van der Waals surface area (Å²) < 4.78 is 54.6. The zero-order chi connectivity index (χ0) is 96.4. The Hall–Kier alpha value is -7.70. The molecule has 27 nitrogen and oxygen atoms in total. The van der Waals surface area contributed by atoms with Gasteiger partial charge in [-0.15, -0.1) is 46.4 Å². The van der Waals surface area contributed by atoms with Crippen LogP contribution in [-0.4, -0.2) is 183 Å². The number of carbonyl (C=O) groups excluding carboxylic acids is 3. The van der Waals surface area contributed by atoms with E-state index in [-0.39, 0.29) is 145 Å². The van der Waals surface area contributed by atoms with Crippen molar-refractivity contribution >= 4 is 163 Å². The SMILES string of the molecule is Brc1ccc(-c2ccccc2)nc1.C.CC(=O)[O-].CC(Cl)Cl.CC(Cl)Cl.CC1(C)OB(B2OC(C)(C)C(C)(C)O2)OC1(C)C.CC1(C)OB(c2ccc(-c3ccccc3)nc2)OC1(C)C.Cn1c(=O)n([C@H]2CCN(C(=O)OC(C)(C)C)C2)c2c3nc(-c4ccc(-c5ccccc5)nc4)ccc3ncc21.Cn1c(=O)n([C@H]2CCN(C(=O)OC(C)(C)C)C2)c2c3nc(Cl)ccc3ncc21.[K+]. The second kappa shape index (κ2) is 46.2. The third-order valence-electron chi connectivity index (χ3n) is 22.9. The molecule has 0 radical (unpaired) electrons. The van der Waals surface area contributed by atoms with Crippen molar-refractivity contribution in [2.24, 2.45) is 14.1 Å². The number of aryl methyl sites for hydroxylation is 2. The molecule has 12 aromatic rings. The number of ether oxygens (including phenoxy) is 2. The van der Waals surface area contributed by atoms with Crippen LogP contribution in [0.4, 0.5) is 9.59 Å². The van der Waals surface area contributed by atoms with Crippen LogP contribution in [0.2, 0.25) is 5.15 Å². The number of halogens is 6. The third-order valence-corrected chi connectivity index (χ3v) is 23.6.